The Morgan fingerprint density at radius 3 is 2.04 bits per heavy atom. The average molecular weight is 320 g/mol. The predicted molar refractivity (Wildman–Crippen MR) is 99.7 cm³/mol. The van der Waals surface area contributed by atoms with Crippen LogP contribution in [0.5, 0.6) is 0 Å². The van der Waals surface area contributed by atoms with Crippen LogP contribution in [0.15, 0.2) is 30.3 Å². The fourth-order valence-corrected chi connectivity index (χ4v) is 3.56. The zero-order chi connectivity index (χ0) is 17.6. The molecule has 2 aromatic carbocycles. The Morgan fingerprint density at radius 2 is 1.46 bits per heavy atom. The van der Waals surface area contributed by atoms with Gasteiger partial charge in [-0.25, -0.2) is 0 Å². The smallest absolute Gasteiger partial charge is 0.265 e. The van der Waals surface area contributed by atoms with Gasteiger partial charge >= 0.3 is 0 Å². The standard InChI is InChI=1S/C21H24N2O/c1-12-13(2)15(4)18(16(5)14(12)3)11-23-19-9-7-6-8-17(19)10-20(23)21(22)24/h6-10H,11H2,1-5H3,(H2,22,24). The minimum absolute atomic E-state index is 0.387. The third-order valence-electron chi connectivity index (χ3n) is 5.53. The Kier molecular flexibility index (Phi) is 3.96. The molecule has 0 spiro atoms. The Balaban J connectivity index is 2.25. The summed E-state index contributed by atoms with van der Waals surface area (Å²) in [6.45, 7) is 11.5. The fourth-order valence-electron chi connectivity index (χ4n) is 3.56. The van der Waals surface area contributed by atoms with Crippen molar-refractivity contribution < 1.29 is 4.79 Å². The zero-order valence-corrected chi connectivity index (χ0v) is 15.0. The number of para-hydroxylation sites is 1. The molecule has 0 atom stereocenters. The lowest BCUT2D eigenvalue weighted by Crippen LogP contribution is -2.18. The number of fused-ring (bicyclic) bond motifs is 1. The molecule has 0 aliphatic carbocycles. The number of carbonyl (C=O) groups is 1. The maximum absolute atomic E-state index is 11.9. The van der Waals surface area contributed by atoms with Gasteiger partial charge in [0.05, 0.1) is 0 Å². The predicted octanol–water partition coefficient (Wildman–Crippen LogP) is 4.33. The van der Waals surface area contributed by atoms with Crippen LogP contribution in [-0.2, 0) is 6.54 Å². The molecule has 0 aliphatic heterocycles. The van der Waals surface area contributed by atoms with Crippen molar-refractivity contribution in [1.82, 2.24) is 4.57 Å². The number of benzene rings is 2. The van der Waals surface area contributed by atoms with Crippen LogP contribution in [0.25, 0.3) is 10.9 Å². The molecule has 24 heavy (non-hydrogen) atoms. The van der Waals surface area contributed by atoms with E-state index >= 15 is 0 Å². The fraction of sp³-hybridized carbons (Fsp3) is 0.286. The second kappa shape index (κ2) is 5.82. The van der Waals surface area contributed by atoms with Crippen molar-refractivity contribution in [3.8, 4) is 0 Å². The van der Waals surface area contributed by atoms with E-state index in [1.165, 1.54) is 33.4 Å². The summed E-state index contributed by atoms with van der Waals surface area (Å²) in [6.07, 6.45) is 0. The summed E-state index contributed by atoms with van der Waals surface area (Å²) in [7, 11) is 0. The van der Waals surface area contributed by atoms with E-state index in [0.29, 0.717) is 12.2 Å². The first-order valence-electron chi connectivity index (χ1n) is 8.26. The number of primary amides is 1. The van der Waals surface area contributed by atoms with E-state index in [0.717, 1.165) is 10.9 Å². The molecule has 3 nitrogen and oxygen atoms in total. The van der Waals surface area contributed by atoms with Crippen LogP contribution in [0.3, 0.4) is 0 Å². The highest BCUT2D eigenvalue weighted by Gasteiger charge is 2.17. The summed E-state index contributed by atoms with van der Waals surface area (Å²) in [6, 6.07) is 9.92. The number of nitrogens with two attached hydrogens (primary N) is 1. The maximum atomic E-state index is 11.9. The van der Waals surface area contributed by atoms with Crippen molar-refractivity contribution in [2.75, 3.05) is 0 Å². The van der Waals surface area contributed by atoms with Crippen LogP contribution < -0.4 is 5.73 Å². The lowest BCUT2D eigenvalue weighted by Gasteiger charge is -2.20. The normalized spacial score (nSPS) is 11.2. The van der Waals surface area contributed by atoms with Gasteiger partial charge in [-0.05, 0) is 80.1 Å². The first-order chi connectivity index (χ1) is 11.3. The Bertz CT molecular complexity index is 935. The van der Waals surface area contributed by atoms with Gasteiger partial charge in [-0.3, -0.25) is 4.79 Å². The van der Waals surface area contributed by atoms with Gasteiger partial charge < -0.3 is 10.3 Å². The molecule has 1 heterocycles. The van der Waals surface area contributed by atoms with Gasteiger partial charge in [0.1, 0.15) is 5.69 Å². The summed E-state index contributed by atoms with van der Waals surface area (Å²) in [5.74, 6) is -0.387. The van der Waals surface area contributed by atoms with Crippen LogP contribution in [0.1, 0.15) is 43.9 Å². The van der Waals surface area contributed by atoms with Gasteiger partial charge in [-0.15, -0.1) is 0 Å². The highest BCUT2D eigenvalue weighted by molar-refractivity contribution is 5.97. The second-order valence-electron chi connectivity index (χ2n) is 6.64. The maximum Gasteiger partial charge on any atom is 0.265 e. The first-order valence-corrected chi connectivity index (χ1v) is 8.26. The molecular weight excluding hydrogens is 296 g/mol. The van der Waals surface area contributed by atoms with Crippen LogP contribution in [-0.4, -0.2) is 10.5 Å². The topological polar surface area (TPSA) is 48.0 Å². The van der Waals surface area contributed by atoms with Crippen LogP contribution in [0.2, 0.25) is 0 Å². The van der Waals surface area contributed by atoms with E-state index in [1.54, 1.807) is 0 Å². The molecule has 0 aliphatic rings. The van der Waals surface area contributed by atoms with Gasteiger partial charge in [0.15, 0.2) is 0 Å². The summed E-state index contributed by atoms with van der Waals surface area (Å²) < 4.78 is 2.04. The van der Waals surface area contributed by atoms with Gasteiger partial charge in [0, 0.05) is 17.4 Å². The largest absolute Gasteiger partial charge is 0.364 e. The summed E-state index contributed by atoms with van der Waals surface area (Å²) in [5, 5.41) is 1.04. The number of aromatic nitrogens is 1. The number of rotatable bonds is 3. The summed E-state index contributed by atoms with van der Waals surface area (Å²) in [5.41, 5.74) is 15.1. The minimum Gasteiger partial charge on any atom is -0.364 e. The zero-order valence-electron chi connectivity index (χ0n) is 15.0. The molecule has 3 heteroatoms. The van der Waals surface area contributed by atoms with Gasteiger partial charge in [0.2, 0.25) is 0 Å². The Hall–Kier alpha value is -2.55. The molecule has 3 aromatic rings. The van der Waals surface area contributed by atoms with Crippen molar-refractivity contribution in [3.63, 3.8) is 0 Å². The lowest BCUT2D eigenvalue weighted by atomic mass is 9.89. The van der Waals surface area contributed by atoms with E-state index < -0.39 is 0 Å². The molecule has 3 rings (SSSR count). The molecule has 0 saturated heterocycles. The Labute approximate surface area is 143 Å². The van der Waals surface area contributed by atoms with Gasteiger partial charge in [-0.2, -0.15) is 0 Å². The number of hydrogen-bond acceptors (Lipinski definition) is 1. The average Bonchev–Trinajstić information content (AvgIpc) is 2.94. The SMILES string of the molecule is Cc1c(C)c(C)c(Cn2c(C(N)=O)cc3ccccc32)c(C)c1C. The molecule has 1 amide bonds. The van der Waals surface area contributed by atoms with E-state index in [2.05, 4.69) is 34.6 Å². The molecule has 0 radical (unpaired) electrons. The van der Waals surface area contributed by atoms with Crippen molar-refractivity contribution in [1.29, 1.82) is 0 Å². The third-order valence-corrected chi connectivity index (χ3v) is 5.53. The molecular formula is C21H24N2O. The highest BCUT2D eigenvalue weighted by atomic mass is 16.1. The van der Waals surface area contributed by atoms with Crippen LogP contribution in [0, 0.1) is 34.6 Å². The molecule has 0 fully saturated rings. The van der Waals surface area contributed by atoms with Crippen molar-refractivity contribution in [2.45, 2.75) is 41.2 Å². The number of carbonyl (C=O) groups excluding carboxylic acids is 1. The molecule has 1 aromatic heterocycles. The number of nitrogens with zero attached hydrogens (tertiary/aromatic N) is 1. The first kappa shape index (κ1) is 16.3. The molecule has 2 N–H and O–H groups in total. The monoisotopic (exact) mass is 320 g/mol. The Morgan fingerprint density at radius 1 is 0.917 bits per heavy atom. The second-order valence-corrected chi connectivity index (χ2v) is 6.64. The van der Waals surface area contributed by atoms with E-state index in [-0.39, 0.29) is 5.91 Å². The quantitative estimate of drug-likeness (QED) is 0.767. The molecule has 0 unspecified atom stereocenters. The number of hydrogen-bond donors (Lipinski definition) is 1. The van der Waals surface area contributed by atoms with E-state index in [9.17, 15) is 4.79 Å². The molecule has 0 bridgehead atoms. The van der Waals surface area contributed by atoms with Crippen LogP contribution in [0.4, 0.5) is 0 Å². The van der Waals surface area contributed by atoms with Crippen molar-refractivity contribution >= 4 is 16.8 Å². The third kappa shape index (κ3) is 2.41. The minimum atomic E-state index is -0.387. The van der Waals surface area contributed by atoms with Crippen molar-refractivity contribution in [2.24, 2.45) is 5.73 Å². The van der Waals surface area contributed by atoms with Crippen LogP contribution >= 0.6 is 0 Å². The van der Waals surface area contributed by atoms with Gasteiger partial charge in [0.25, 0.3) is 5.91 Å². The summed E-state index contributed by atoms with van der Waals surface area (Å²) >= 11 is 0. The highest BCUT2D eigenvalue weighted by Crippen LogP contribution is 2.29. The van der Waals surface area contributed by atoms with E-state index in [4.69, 9.17) is 5.73 Å². The molecule has 0 saturated carbocycles. The van der Waals surface area contributed by atoms with E-state index in [1.807, 2.05) is 34.9 Å². The lowest BCUT2D eigenvalue weighted by molar-refractivity contribution is 0.0992. The van der Waals surface area contributed by atoms with Gasteiger partial charge in [-0.1, -0.05) is 18.2 Å². The molecule has 124 valence electrons. The summed E-state index contributed by atoms with van der Waals surface area (Å²) in [4.78, 5) is 11.9. The van der Waals surface area contributed by atoms with Crippen molar-refractivity contribution in [3.05, 3.63) is 69.4 Å². The number of amides is 1.